The fourth-order valence-corrected chi connectivity index (χ4v) is 3.27. The van der Waals surface area contributed by atoms with Crippen LogP contribution in [0.25, 0.3) is 0 Å². The van der Waals surface area contributed by atoms with Crippen LogP contribution in [-0.2, 0) is 19.4 Å². The molecule has 0 spiro atoms. The van der Waals surface area contributed by atoms with Gasteiger partial charge >= 0.3 is 5.97 Å². The van der Waals surface area contributed by atoms with Crippen LogP contribution in [0.3, 0.4) is 0 Å². The lowest BCUT2D eigenvalue weighted by Crippen LogP contribution is -2.51. The first-order valence-corrected chi connectivity index (χ1v) is 8.04. The SMILES string of the molecule is CC(C)N1CCOC(CS(=O)(=O)C(C)(C)C(=O)O)C1. The average Bonchev–Trinajstić information content (AvgIpc) is 2.28. The molecule has 0 saturated carbocycles. The van der Waals surface area contributed by atoms with E-state index in [0.717, 1.165) is 6.54 Å². The molecule has 1 atom stereocenters. The van der Waals surface area contributed by atoms with Crippen molar-refractivity contribution >= 4 is 15.8 Å². The van der Waals surface area contributed by atoms with Crippen LogP contribution in [-0.4, -0.2) is 66.7 Å². The number of carbonyl (C=O) groups is 1. The van der Waals surface area contributed by atoms with Crippen LogP contribution >= 0.6 is 0 Å². The van der Waals surface area contributed by atoms with Crippen molar-refractivity contribution in [3.8, 4) is 0 Å². The third kappa shape index (κ3) is 3.67. The van der Waals surface area contributed by atoms with Gasteiger partial charge in [-0.3, -0.25) is 9.69 Å². The maximum atomic E-state index is 12.2. The van der Waals surface area contributed by atoms with Gasteiger partial charge in [0, 0.05) is 19.1 Å². The molecule has 1 saturated heterocycles. The molecular weight excluding hydrogens is 270 g/mol. The number of morpholine rings is 1. The fourth-order valence-electron chi connectivity index (χ4n) is 1.90. The lowest BCUT2D eigenvalue weighted by atomic mass is 10.2. The third-order valence-electron chi connectivity index (χ3n) is 3.60. The highest BCUT2D eigenvalue weighted by atomic mass is 32.2. The van der Waals surface area contributed by atoms with Crippen molar-refractivity contribution in [2.45, 2.75) is 44.6 Å². The largest absolute Gasteiger partial charge is 0.480 e. The molecule has 0 radical (unpaired) electrons. The van der Waals surface area contributed by atoms with Gasteiger partial charge in [-0.2, -0.15) is 0 Å². The molecule has 0 amide bonds. The molecule has 0 aliphatic carbocycles. The van der Waals surface area contributed by atoms with Crippen molar-refractivity contribution in [1.29, 1.82) is 0 Å². The van der Waals surface area contributed by atoms with Crippen LogP contribution in [0.2, 0.25) is 0 Å². The molecule has 7 heteroatoms. The quantitative estimate of drug-likeness (QED) is 0.788. The van der Waals surface area contributed by atoms with Gasteiger partial charge in [0.1, 0.15) is 0 Å². The zero-order valence-corrected chi connectivity index (χ0v) is 12.7. The van der Waals surface area contributed by atoms with Crippen molar-refractivity contribution in [3.63, 3.8) is 0 Å². The van der Waals surface area contributed by atoms with E-state index in [-0.39, 0.29) is 5.75 Å². The summed E-state index contributed by atoms with van der Waals surface area (Å²) in [6.45, 7) is 8.28. The molecule has 1 unspecified atom stereocenters. The van der Waals surface area contributed by atoms with E-state index in [4.69, 9.17) is 9.84 Å². The second-order valence-electron chi connectivity index (χ2n) is 5.68. The third-order valence-corrected chi connectivity index (χ3v) is 6.14. The van der Waals surface area contributed by atoms with Crippen LogP contribution in [0.15, 0.2) is 0 Å². The summed E-state index contributed by atoms with van der Waals surface area (Å²) in [5.41, 5.74) is 0. The highest BCUT2D eigenvalue weighted by Gasteiger charge is 2.43. The van der Waals surface area contributed by atoms with Crippen LogP contribution in [0.1, 0.15) is 27.7 Å². The molecule has 19 heavy (non-hydrogen) atoms. The first kappa shape index (κ1) is 16.4. The highest BCUT2D eigenvalue weighted by Crippen LogP contribution is 2.21. The maximum Gasteiger partial charge on any atom is 0.324 e. The summed E-state index contributed by atoms with van der Waals surface area (Å²) in [5.74, 6) is -1.58. The van der Waals surface area contributed by atoms with E-state index in [2.05, 4.69) is 4.90 Å². The van der Waals surface area contributed by atoms with Gasteiger partial charge in [0.15, 0.2) is 14.6 Å². The lowest BCUT2D eigenvalue weighted by molar-refractivity contribution is -0.139. The van der Waals surface area contributed by atoms with Gasteiger partial charge in [0.2, 0.25) is 0 Å². The summed E-state index contributed by atoms with van der Waals surface area (Å²) in [6.07, 6.45) is -0.459. The molecule has 0 bridgehead atoms. The molecule has 1 aliphatic rings. The normalized spacial score (nSPS) is 22.7. The van der Waals surface area contributed by atoms with E-state index in [1.807, 2.05) is 13.8 Å². The second kappa shape index (κ2) is 5.76. The zero-order valence-electron chi connectivity index (χ0n) is 11.9. The molecule has 0 aromatic carbocycles. The Labute approximate surface area is 114 Å². The number of hydrogen-bond donors (Lipinski definition) is 1. The predicted molar refractivity (Wildman–Crippen MR) is 72.0 cm³/mol. The summed E-state index contributed by atoms with van der Waals surface area (Å²) in [6, 6.07) is 0.321. The van der Waals surface area contributed by atoms with Crippen LogP contribution < -0.4 is 0 Å². The standard InChI is InChI=1S/C12H23NO5S/c1-9(2)13-5-6-18-10(7-13)8-19(16,17)12(3,4)11(14)15/h9-10H,5-8H2,1-4H3,(H,14,15). The topological polar surface area (TPSA) is 83.9 Å². The van der Waals surface area contributed by atoms with E-state index in [1.165, 1.54) is 13.8 Å². The Kier molecular flexibility index (Phi) is 4.97. The van der Waals surface area contributed by atoms with Crippen molar-refractivity contribution in [1.82, 2.24) is 4.90 Å². The van der Waals surface area contributed by atoms with E-state index < -0.39 is 26.7 Å². The highest BCUT2D eigenvalue weighted by molar-refractivity contribution is 7.93. The number of hydrogen-bond acceptors (Lipinski definition) is 5. The number of carboxylic acids is 1. The molecule has 1 rings (SSSR count). The first-order valence-electron chi connectivity index (χ1n) is 6.39. The Morgan fingerprint density at radius 1 is 1.47 bits per heavy atom. The molecule has 1 aliphatic heterocycles. The monoisotopic (exact) mass is 293 g/mol. The van der Waals surface area contributed by atoms with Gasteiger partial charge < -0.3 is 9.84 Å². The van der Waals surface area contributed by atoms with Gasteiger partial charge in [0.25, 0.3) is 0 Å². The summed E-state index contributed by atoms with van der Waals surface area (Å²) >= 11 is 0. The van der Waals surface area contributed by atoms with Crippen molar-refractivity contribution < 1.29 is 23.1 Å². The van der Waals surface area contributed by atoms with Crippen LogP contribution in [0.5, 0.6) is 0 Å². The van der Waals surface area contributed by atoms with Gasteiger partial charge in [-0.15, -0.1) is 0 Å². The van der Waals surface area contributed by atoms with E-state index in [0.29, 0.717) is 19.2 Å². The van der Waals surface area contributed by atoms with Gasteiger partial charge in [-0.05, 0) is 27.7 Å². The summed E-state index contributed by atoms with van der Waals surface area (Å²) < 4.78 is 28.0. The van der Waals surface area contributed by atoms with Gasteiger partial charge in [0.05, 0.1) is 18.5 Å². The minimum Gasteiger partial charge on any atom is -0.480 e. The Hall–Kier alpha value is -0.660. The van der Waals surface area contributed by atoms with Gasteiger partial charge in [-0.1, -0.05) is 0 Å². The van der Waals surface area contributed by atoms with Crippen molar-refractivity contribution in [2.24, 2.45) is 0 Å². The van der Waals surface area contributed by atoms with E-state index in [1.54, 1.807) is 0 Å². The van der Waals surface area contributed by atoms with Crippen LogP contribution in [0.4, 0.5) is 0 Å². The number of sulfone groups is 1. The number of carboxylic acid groups (broad SMARTS) is 1. The predicted octanol–water partition coefficient (Wildman–Crippen LogP) is 0.374. The zero-order chi connectivity index (χ0) is 14.8. The molecule has 0 aromatic rings. The van der Waals surface area contributed by atoms with E-state index >= 15 is 0 Å². The fraction of sp³-hybridized carbons (Fsp3) is 0.917. The number of aliphatic carboxylic acids is 1. The van der Waals surface area contributed by atoms with Crippen molar-refractivity contribution in [3.05, 3.63) is 0 Å². The molecule has 1 N–H and O–H groups in total. The molecule has 6 nitrogen and oxygen atoms in total. The average molecular weight is 293 g/mol. The minimum atomic E-state index is -3.76. The Balaban J connectivity index is 2.76. The summed E-state index contributed by atoms with van der Waals surface area (Å²) in [5, 5.41) is 9.02. The Morgan fingerprint density at radius 3 is 2.53 bits per heavy atom. The van der Waals surface area contributed by atoms with E-state index in [9.17, 15) is 13.2 Å². The lowest BCUT2D eigenvalue weighted by Gasteiger charge is -2.36. The first-order chi connectivity index (χ1) is 8.58. The van der Waals surface area contributed by atoms with Gasteiger partial charge in [-0.25, -0.2) is 8.42 Å². The van der Waals surface area contributed by atoms with Crippen molar-refractivity contribution in [2.75, 3.05) is 25.4 Å². The maximum absolute atomic E-state index is 12.2. The molecule has 0 aromatic heterocycles. The molecular formula is C12H23NO5S. The number of ether oxygens (including phenoxy) is 1. The Morgan fingerprint density at radius 2 is 2.05 bits per heavy atom. The molecule has 1 fully saturated rings. The Bertz CT molecular complexity index is 429. The minimum absolute atomic E-state index is 0.254. The number of rotatable bonds is 5. The summed E-state index contributed by atoms with van der Waals surface area (Å²) in [4.78, 5) is 13.2. The number of nitrogens with zero attached hydrogens (tertiary/aromatic N) is 1. The smallest absolute Gasteiger partial charge is 0.324 e. The second-order valence-corrected chi connectivity index (χ2v) is 8.26. The molecule has 112 valence electrons. The molecule has 1 heterocycles. The van der Waals surface area contributed by atoms with Crippen LogP contribution in [0, 0.1) is 0 Å². The summed E-state index contributed by atoms with van der Waals surface area (Å²) in [7, 11) is -3.76.